The lowest BCUT2D eigenvalue weighted by atomic mass is 10.2. The average molecular weight is 245 g/mol. The molecule has 1 atom stereocenters. The fraction of sp³-hybridized carbons (Fsp3) is 0.636. The molecule has 0 aliphatic heterocycles. The highest BCUT2D eigenvalue weighted by Gasteiger charge is 2.04. The van der Waals surface area contributed by atoms with Gasteiger partial charge in [0.2, 0.25) is 0 Å². The second kappa shape index (κ2) is 7.24. The highest BCUT2D eigenvalue weighted by molar-refractivity contribution is 5.04. The summed E-state index contributed by atoms with van der Waals surface area (Å²) in [5, 5.41) is 0. The van der Waals surface area contributed by atoms with E-state index in [1.165, 1.54) is 0 Å². The molecule has 0 spiro atoms. The summed E-state index contributed by atoms with van der Waals surface area (Å²) in [7, 11) is 0. The van der Waals surface area contributed by atoms with Crippen LogP contribution in [0.4, 0.5) is 8.78 Å². The molecule has 0 fully saturated rings. The SMILES string of the molecule is CC(N)Cc1ccnc(CCOCC(F)F)n1. The van der Waals surface area contributed by atoms with E-state index >= 15 is 0 Å². The van der Waals surface area contributed by atoms with Gasteiger partial charge in [-0.05, 0) is 13.0 Å². The Morgan fingerprint density at radius 2 is 2.24 bits per heavy atom. The molecule has 4 nitrogen and oxygen atoms in total. The monoisotopic (exact) mass is 245 g/mol. The summed E-state index contributed by atoms with van der Waals surface area (Å²) >= 11 is 0. The van der Waals surface area contributed by atoms with Gasteiger partial charge in [0.25, 0.3) is 6.43 Å². The summed E-state index contributed by atoms with van der Waals surface area (Å²) < 4.78 is 28.4. The minimum atomic E-state index is -2.43. The number of alkyl halides is 2. The maximum atomic E-state index is 11.8. The predicted octanol–water partition coefficient (Wildman–Crippen LogP) is 1.19. The van der Waals surface area contributed by atoms with Crippen molar-refractivity contribution in [1.29, 1.82) is 0 Å². The van der Waals surface area contributed by atoms with Gasteiger partial charge in [-0.3, -0.25) is 0 Å². The molecule has 96 valence electrons. The molecular formula is C11H17F2N3O. The average Bonchev–Trinajstić information content (AvgIpc) is 2.24. The van der Waals surface area contributed by atoms with Crippen molar-refractivity contribution in [1.82, 2.24) is 9.97 Å². The van der Waals surface area contributed by atoms with E-state index in [4.69, 9.17) is 10.5 Å². The van der Waals surface area contributed by atoms with E-state index in [-0.39, 0.29) is 12.6 Å². The molecule has 0 bridgehead atoms. The summed E-state index contributed by atoms with van der Waals surface area (Å²) in [5.41, 5.74) is 6.52. The van der Waals surface area contributed by atoms with Crippen LogP contribution >= 0.6 is 0 Å². The second-order valence-corrected chi connectivity index (χ2v) is 3.86. The third kappa shape index (κ3) is 6.23. The van der Waals surface area contributed by atoms with Gasteiger partial charge in [0.05, 0.1) is 6.61 Å². The Morgan fingerprint density at radius 1 is 1.47 bits per heavy atom. The van der Waals surface area contributed by atoms with Gasteiger partial charge in [-0.1, -0.05) is 0 Å². The van der Waals surface area contributed by atoms with E-state index < -0.39 is 13.0 Å². The van der Waals surface area contributed by atoms with Crippen LogP contribution in [0.5, 0.6) is 0 Å². The number of hydrogen-bond donors (Lipinski definition) is 1. The van der Waals surface area contributed by atoms with Crippen LogP contribution < -0.4 is 5.73 Å². The number of aromatic nitrogens is 2. The zero-order valence-corrected chi connectivity index (χ0v) is 9.77. The predicted molar refractivity (Wildman–Crippen MR) is 59.9 cm³/mol. The number of ether oxygens (including phenoxy) is 1. The highest BCUT2D eigenvalue weighted by Crippen LogP contribution is 2.00. The molecule has 1 unspecified atom stereocenters. The summed E-state index contributed by atoms with van der Waals surface area (Å²) in [6.07, 6.45) is 0.320. The quantitative estimate of drug-likeness (QED) is 0.733. The van der Waals surface area contributed by atoms with Crippen molar-refractivity contribution in [2.45, 2.75) is 32.2 Å². The van der Waals surface area contributed by atoms with Crippen LogP contribution in [-0.2, 0) is 17.6 Å². The molecule has 0 aliphatic rings. The molecule has 0 aliphatic carbocycles. The maximum absolute atomic E-state index is 11.8. The molecule has 1 heterocycles. The third-order valence-corrected chi connectivity index (χ3v) is 2.01. The molecule has 0 radical (unpaired) electrons. The Bertz CT molecular complexity index is 334. The van der Waals surface area contributed by atoms with Crippen molar-refractivity contribution in [3.63, 3.8) is 0 Å². The Kier molecular flexibility index (Phi) is 5.93. The lowest BCUT2D eigenvalue weighted by Gasteiger charge is -2.06. The maximum Gasteiger partial charge on any atom is 0.261 e. The van der Waals surface area contributed by atoms with Crippen LogP contribution in [0.3, 0.4) is 0 Å². The molecule has 0 amide bonds. The second-order valence-electron chi connectivity index (χ2n) is 3.86. The van der Waals surface area contributed by atoms with Crippen molar-refractivity contribution in [3.05, 3.63) is 23.8 Å². The van der Waals surface area contributed by atoms with Gasteiger partial charge in [-0.2, -0.15) is 0 Å². The number of rotatable bonds is 7. The van der Waals surface area contributed by atoms with Crippen molar-refractivity contribution >= 4 is 0 Å². The minimum absolute atomic E-state index is 0.0350. The molecule has 6 heteroatoms. The summed E-state index contributed by atoms with van der Waals surface area (Å²) in [6.45, 7) is 1.55. The Hall–Kier alpha value is -1.14. The first-order chi connectivity index (χ1) is 8.08. The van der Waals surface area contributed by atoms with E-state index in [0.29, 0.717) is 18.7 Å². The van der Waals surface area contributed by atoms with Gasteiger partial charge in [0.1, 0.15) is 12.4 Å². The molecule has 0 saturated heterocycles. The standard InChI is InChI=1S/C11H17F2N3O/c1-8(14)6-9-2-4-15-11(16-9)3-5-17-7-10(12)13/h2,4,8,10H,3,5-7,14H2,1H3. The normalized spacial score (nSPS) is 13.0. The van der Waals surface area contributed by atoms with Crippen LogP contribution in [0.1, 0.15) is 18.4 Å². The van der Waals surface area contributed by atoms with Crippen LogP contribution in [0.15, 0.2) is 12.3 Å². The van der Waals surface area contributed by atoms with Crippen molar-refractivity contribution < 1.29 is 13.5 Å². The Labute approximate surface area is 99.2 Å². The lowest BCUT2D eigenvalue weighted by molar-refractivity contribution is 0.0182. The summed E-state index contributed by atoms with van der Waals surface area (Å²) in [6, 6.07) is 1.83. The number of nitrogens with two attached hydrogens (primary N) is 1. The van der Waals surface area contributed by atoms with Gasteiger partial charge >= 0.3 is 0 Å². The zero-order chi connectivity index (χ0) is 12.7. The lowest BCUT2D eigenvalue weighted by Crippen LogP contribution is -2.19. The van der Waals surface area contributed by atoms with E-state index in [1.807, 2.05) is 6.92 Å². The minimum Gasteiger partial charge on any atom is -0.375 e. The first-order valence-electron chi connectivity index (χ1n) is 5.50. The van der Waals surface area contributed by atoms with Crippen LogP contribution in [-0.4, -0.2) is 35.6 Å². The van der Waals surface area contributed by atoms with Gasteiger partial charge in [-0.25, -0.2) is 18.7 Å². The molecule has 17 heavy (non-hydrogen) atoms. The van der Waals surface area contributed by atoms with Crippen molar-refractivity contribution in [2.75, 3.05) is 13.2 Å². The molecule has 2 N–H and O–H groups in total. The van der Waals surface area contributed by atoms with Crippen LogP contribution in [0.2, 0.25) is 0 Å². The number of nitrogens with zero attached hydrogens (tertiary/aromatic N) is 2. The fourth-order valence-electron chi connectivity index (χ4n) is 1.34. The molecular weight excluding hydrogens is 228 g/mol. The van der Waals surface area contributed by atoms with E-state index in [1.54, 1.807) is 12.3 Å². The molecule has 1 aromatic rings. The van der Waals surface area contributed by atoms with Crippen molar-refractivity contribution in [2.24, 2.45) is 5.73 Å². The topological polar surface area (TPSA) is 61.0 Å². The van der Waals surface area contributed by atoms with Gasteiger partial charge in [0, 0.05) is 30.8 Å². The van der Waals surface area contributed by atoms with Gasteiger partial charge < -0.3 is 10.5 Å². The van der Waals surface area contributed by atoms with Crippen LogP contribution in [0, 0.1) is 0 Å². The van der Waals surface area contributed by atoms with Crippen molar-refractivity contribution in [3.8, 4) is 0 Å². The Balaban J connectivity index is 2.37. The van der Waals surface area contributed by atoms with E-state index in [2.05, 4.69) is 9.97 Å². The first-order valence-corrected chi connectivity index (χ1v) is 5.50. The smallest absolute Gasteiger partial charge is 0.261 e. The van der Waals surface area contributed by atoms with E-state index in [0.717, 1.165) is 5.69 Å². The summed E-state index contributed by atoms with van der Waals surface area (Å²) in [5.74, 6) is 0.595. The van der Waals surface area contributed by atoms with Gasteiger partial charge in [0.15, 0.2) is 0 Å². The molecule has 0 saturated carbocycles. The van der Waals surface area contributed by atoms with E-state index in [9.17, 15) is 8.78 Å². The largest absolute Gasteiger partial charge is 0.375 e. The molecule has 0 aromatic carbocycles. The number of hydrogen-bond acceptors (Lipinski definition) is 4. The molecule has 1 rings (SSSR count). The number of halogens is 2. The highest BCUT2D eigenvalue weighted by atomic mass is 19.3. The third-order valence-electron chi connectivity index (χ3n) is 2.01. The van der Waals surface area contributed by atoms with Crippen LogP contribution in [0.25, 0.3) is 0 Å². The van der Waals surface area contributed by atoms with Gasteiger partial charge in [-0.15, -0.1) is 0 Å². The Morgan fingerprint density at radius 3 is 2.88 bits per heavy atom. The first kappa shape index (κ1) is 13.9. The zero-order valence-electron chi connectivity index (χ0n) is 9.77. The fourth-order valence-corrected chi connectivity index (χ4v) is 1.34. The molecule has 1 aromatic heterocycles. The summed E-state index contributed by atoms with van der Waals surface area (Å²) in [4.78, 5) is 8.31.